The molecule has 3 rings (SSSR count). The second-order valence-corrected chi connectivity index (χ2v) is 7.16. The topological polar surface area (TPSA) is 122 Å². The molecule has 2 atom stereocenters. The number of carbonyl (C=O) groups excluding carboxylic acids is 4. The lowest BCUT2D eigenvalue weighted by molar-refractivity contribution is -0.134. The Kier molecular flexibility index (Phi) is 5.43. The summed E-state index contributed by atoms with van der Waals surface area (Å²) >= 11 is 7.02. The fourth-order valence-corrected chi connectivity index (χ4v) is 3.49. The summed E-state index contributed by atoms with van der Waals surface area (Å²) in [4.78, 5) is 50.4. The third-order valence-electron chi connectivity index (χ3n) is 3.98. The first-order valence-electron chi connectivity index (χ1n) is 7.88. The largest absolute Gasteiger partial charge is 0.352 e. The molecule has 4 N–H and O–H groups in total. The number of thiophene rings is 1. The first-order chi connectivity index (χ1) is 12.9. The maximum atomic E-state index is 12.9. The first-order valence-corrected chi connectivity index (χ1v) is 9.14. The molecule has 1 saturated heterocycles. The van der Waals surface area contributed by atoms with Crippen LogP contribution >= 0.6 is 22.9 Å². The second-order valence-electron chi connectivity index (χ2n) is 5.74. The van der Waals surface area contributed by atoms with Crippen LogP contribution in [0.25, 0.3) is 0 Å². The van der Waals surface area contributed by atoms with Crippen molar-refractivity contribution in [1.29, 1.82) is 0 Å². The van der Waals surface area contributed by atoms with E-state index in [9.17, 15) is 19.2 Å². The Bertz CT molecular complexity index is 885. The van der Waals surface area contributed by atoms with Crippen LogP contribution in [-0.2, 0) is 9.59 Å². The van der Waals surface area contributed by atoms with E-state index < -0.39 is 29.9 Å². The molecule has 1 fully saturated rings. The van der Waals surface area contributed by atoms with E-state index in [2.05, 4.69) is 10.6 Å². The van der Waals surface area contributed by atoms with Gasteiger partial charge >= 0.3 is 6.03 Å². The van der Waals surface area contributed by atoms with E-state index >= 15 is 0 Å². The number of amides is 5. The number of nitrogens with two attached hydrogens (primary N) is 1. The highest BCUT2D eigenvalue weighted by Crippen LogP contribution is 2.27. The Labute approximate surface area is 163 Å². The van der Waals surface area contributed by atoms with Crippen LogP contribution in [-0.4, -0.2) is 41.2 Å². The number of imide groups is 1. The Balaban J connectivity index is 1.95. The number of nitrogens with one attached hydrogen (secondary N) is 2. The average Bonchev–Trinajstić information content (AvgIpc) is 3.16. The Hall–Kier alpha value is -2.91. The van der Waals surface area contributed by atoms with Crippen molar-refractivity contribution in [2.45, 2.75) is 12.1 Å². The molecule has 5 amide bonds. The van der Waals surface area contributed by atoms with Gasteiger partial charge in [0.2, 0.25) is 11.8 Å². The smallest absolute Gasteiger partial charge is 0.322 e. The van der Waals surface area contributed by atoms with Crippen LogP contribution in [0.3, 0.4) is 0 Å². The van der Waals surface area contributed by atoms with E-state index in [0.29, 0.717) is 14.8 Å². The molecule has 0 aliphatic carbocycles. The van der Waals surface area contributed by atoms with Crippen LogP contribution in [0.1, 0.15) is 21.3 Å². The molecule has 10 heteroatoms. The number of primary amides is 1. The van der Waals surface area contributed by atoms with Crippen LogP contribution in [0.4, 0.5) is 4.79 Å². The summed E-state index contributed by atoms with van der Waals surface area (Å²) in [6.45, 7) is 0.281. The van der Waals surface area contributed by atoms with Gasteiger partial charge in [0.25, 0.3) is 5.91 Å². The summed E-state index contributed by atoms with van der Waals surface area (Å²) in [5.74, 6) is -1.74. The van der Waals surface area contributed by atoms with Crippen molar-refractivity contribution in [2.24, 2.45) is 5.73 Å². The Morgan fingerprint density at radius 3 is 2.44 bits per heavy atom. The molecule has 0 spiro atoms. The summed E-state index contributed by atoms with van der Waals surface area (Å²) in [6.07, 6.45) is 0. The zero-order valence-corrected chi connectivity index (χ0v) is 15.4. The molecule has 2 heterocycles. The van der Waals surface area contributed by atoms with E-state index in [4.69, 9.17) is 17.3 Å². The van der Waals surface area contributed by atoms with Crippen LogP contribution in [0.2, 0.25) is 5.02 Å². The van der Waals surface area contributed by atoms with Gasteiger partial charge in [0.05, 0.1) is 0 Å². The lowest BCUT2D eigenvalue weighted by Crippen LogP contribution is -2.63. The van der Waals surface area contributed by atoms with Gasteiger partial charge in [-0.1, -0.05) is 17.7 Å². The second kappa shape index (κ2) is 7.77. The molecule has 140 valence electrons. The predicted molar refractivity (Wildman–Crippen MR) is 99.2 cm³/mol. The van der Waals surface area contributed by atoms with Gasteiger partial charge in [0, 0.05) is 22.0 Å². The van der Waals surface area contributed by atoms with Crippen molar-refractivity contribution in [3.63, 3.8) is 0 Å². The number of β-lactam (4-membered cyclic amide) rings is 1. The number of urea groups is 1. The average molecular weight is 407 g/mol. The quantitative estimate of drug-likeness (QED) is 0.647. The monoisotopic (exact) mass is 406 g/mol. The van der Waals surface area contributed by atoms with Crippen molar-refractivity contribution in [1.82, 2.24) is 15.5 Å². The van der Waals surface area contributed by atoms with Crippen molar-refractivity contribution in [3.8, 4) is 0 Å². The highest BCUT2D eigenvalue weighted by molar-refractivity contribution is 7.10. The zero-order chi connectivity index (χ0) is 19.6. The summed E-state index contributed by atoms with van der Waals surface area (Å²) in [7, 11) is 0. The molecule has 1 aliphatic rings. The van der Waals surface area contributed by atoms with Crippen LogP contribution in [0.5, 0.6) is 0 Å². The molecular weight excluding hydrogens is 392 g/mol. The van der Waals surface area contributed by atoms with Crippen LogP contribution < -0.4 is 16.4 Å². The maximum absolute atomic E-state index is 12.9. The molecule has 8 nitrogen and oxygen atoms in total. The number of nitrogens with zero attached hydrogens (tertiary/aromatic N) is 1. The highest BCUT2D eigenvalue weighted by atomic mass is 35.5. The van der Waals surface area contributed by atoms with Gasteiger partial charge in [-0.2, -0.15) is 0 Å². The first kappa shape index (κ1) is 18.9. The lowest BCUT2D eigenvalue weighted by Gasteiger charge is -2.31. The Morgan fingerprint density at radius 2 is 1.96 bits per heavy atom. The lowest BCUT2D eigenvalue weighted by atomic mass is 10.1. The molecular formula is C17H15ClN4O4S. The summed E-state index contributed by atoms with van der Waals surface area (Å²) in [5.41, 5.74) is 5.59. The van der Waals surface area contributed by atoms with Crippen molar-refractivity contribution < 1.29 is 19.2 Å². The molecule has 2 unspecified atom stereocenters. The van der Waals surface area contributed by atoms with Gasteiger partial charge in [0.15, 0.2) is 6.04 Å². The predicted octanol–water partition coefficient (Wildman–Crippen LogP) is 1.28. The van der Waals surface area contributed by atoms with Crippen LogP contribution in [0.15, 0.2) is 41.8 Å². The van der Waals surface area contributed by atoms with Gasteiger partial charge in [-0.3, -0.25) is 14.4 Å². The van der Waals surface area contributed by atoms with Crippen LogP contribution in [0, 0.1) is 0 Å². The van der Waals surface area contributed by atoms with Crippen molar-refractivity contribution in [3.05, 3.63) is 57.2 Å². The van der Waals surface area contributed by atoms with Gasteiger partial charge in [-0.05, 0) is 35.7 Å². The molecule has 0 bridgehead atoms. The van der Waals surface area contributed by atoms with Gasteiger partial charge in [-0.15, -0.1) is 11.3 Å². The molecule has 0 saturated carbocycles. The number of carbonyl (C=O) groups is 4. The number of hydrogen-bond acceptors (Lipinski definition) is 5. The van der Waals surface area contributed by atoms with Gasteiger partial charge in [0.1, 0.15) is 6.04 Å². The molecule has 27 heavy (non-hydrogen) atoms. The standard InChI is InChI=1S/C17H15ClN4O4S/c18-10-5-3-9(4-6-10)16(25)22(17(19)26)13(12-2-1-7-27-12)15(24)21-11-8-20-14(11)23/h1-7,11,13H,8H2,(H2,19,26)(H,20,23)(H,21,24). The normalized spacial score (nSPS) is 16.6. The molecule has 1 aromatic heterocycles. The zero-order valence-electron chi connectivity index (χ0n) is 13.8. The number of benzene rings is 1. The Morgan fingerprint density at radius 1 is 1.26 bits per heavy atom. The molecule has 1 aliphatic heterocycles. The highest BCUT2D eigenvalue weighted by Gasteiger charge is 2.39. The van der Waals surface area contributed by atoms with Crippen molar-refractivity contribution in [2.75, 3.05) is 6.54 Å². The minimum atomic E-state index is -1.29. The van der Waals surface area contributed by atoms with E-state index in [0.717, 1.165) is 0 Å². The third-order valence-corrected chi connectivity index (χ3v) is 5.16. The SMILES string of the molecule is NC(=O)N(C(=O)c1ccc(Cl)cc1)C(C(=O)NC1CNC1=O)c1cccs1. The maximum Gasteiger partial charge on any atom is 0.322 e. The minimum absolute atomic E-state index is 0.147. The number of halogens is 1. The van der Waals surface area contributed by atoms with Gasteiger partial charge in [-0.25, -0.2) is 9.69 Å². The van der Waals surface area contributed by atoms with E-state index in [1.165, 1.54) is 35.6 Å². The van der Waals surface area contributed by atoms with Gasteiger partial charge < -0.3 is 16.4 Å². The molecule has 0 radical (unpaired) electrons. The summed E-state index contributed by atoms with van der Waals surface area (Å²) in [5, 5.41) is 7.17. The number of hydrogen-bond donors (Lipinski definition) is 3. The number of rotatable bonds is 5. The third kappa shape index (κ3) is 3.93. The fraction of sp³-hybridized carbons (Fsp3) is 0.176. The molecule has 1 aromatic carbocycles. The fourth-order valence-electron chi connectivity index (χ4n) is 2.55. The molecule has 2 aromatic rings. The van der Waals surface area contributed by atoms with E-state index in [-0.39, 0.29) is 18.0 Å². The summed E-state index contributed by atoms with van der Waals surface area (Å²) < 4.78 is 0. The minimum Gasteiger partial charge on any atom is -0.352 e. The summed E-state index contributed by atoms with van der Waals surface area (Å²) in [6, 6.07) is 6.07. The van der Waals surface area contributed by atoms with Crippen molar-refractivity contribution >= 4 is 46.7 Å². The van der Waals surface area contributed by atoms with E-state index in [1.54, 1.807) is 17.5 Å². The van der Waals surface area contributed by atoms with E-state index in [1.807, 2.05) is 0 Å².